The van der Waals surface area contributed by atoms with Crippen LogP contribution in [0.3, 0.4) is 0 Å². The molecular formula is C22H22N6O3. The number of aromatic amines is 1. The van der Waals surface area contributed by atoms with Gasteiger partial charge in [0.2, 0.25) is 5.95 Å². The third-order valence-corrected chi connectivity index (χ3v) is 5.08. The van der Waals surface area contributed by atoms with E-state index >= 15 is 0 Å². The molecule has 2 aromatic heterocycles. The highest BCUT2D eigenvalue weighted by atomic mass is 16.3. The van der Waals surface area contributed by atoms with Gasteiger partial charge in [-0.05, 0) is 49.2 Å². The van der Waals surface area contributed by atoms with Crippen LogP contribution in [0.5, 0.6) is 5.75 Å². The number of nitrogens with zero attached hydrogens (tertiary/aromatic N) is 4. The van der Waals surface area contributed by atoms with Crippen molar-refractivity contribution < 1.29 is 5.11 Å². The minimum Gasteiger partial charge on any atom is -0.508 e. The highest BCUT2D eigenvalue weighted by molar-refractivity contribution is 5.99. The fraction of sp³-hybridized carbons (Fsp3) is 0.182. The lowest BCUT2D eigenvalue weighted by Gasteiger charge is -2.09. The number of benzene rings is 2. The number of hydrogen-bond donors (Lipinski definition) is 3. The molecule has 158 valence electrons. The van der Waals surface area contributed by atoms with Crippen LogP contribution in [0.1, 0.15) is 23.6 Å². The summed E-state index contributed by atoms with van der Waals surface area (Å²) < 4.78 is 3.00. The molecule has 0 unspecified atom stereocenters. The number of hydrazone groups is 1. The van der Waals surface area contributed by atoms with Gasteiger partial charge in [0.15, 0.2) is 11.2 Å². The van der Waals surface area contributed by atoms with E-state index in [0.717, 1.165) is 16.7 Å². The van der Waals surface area contributed by atoms with Crippen LogP contribution in [-0.2, 0) is 13.6 Å². The quantitative estimate of drug-likeness (QED) is 0.340. The van der Waals surface area contributed by atoms with E-state index in [4.69, 9.17) is 0 Å². The molecule has 0 fully saturated rings. The Kier molecular flexibility index (Phi) is 5.16. The summed E-state index contributed by atoms with van der Waals surface area (Å²) in [6.45, 7) is 4.19. The standard InChI is InChI=1S/C22H22N6O3/c1-13-4-6-15(7-5-13)12-28-18-19(27(3)22(31)24-20(18)30)23-21(28)26-25-14(2)16-8-10-17(29)11-9-16/h4-11,29H,12H2,1-3H3,(H,23,26)(H,24,30,31)/b25-14-. The average Bonchev–Trinajstić information content (AvgIpc) is 3.11. The molecule has 31 heavy (non-hydrogen) atoms. The maximum atomic E-state index is 12.6. The molecule has 0 amide bonds. The van der Waals surface area contributed by atoms with Crippen molar-refractivity contribution in [3.63, 3.8) is 0 Å². The third kappa shape index (κ3) is 3.97. The summed E-state index contributed by atoms with van der Waals surface area (Å²) in [5, 5.41) is 13.9. The molecule has 0 aliphatic carbocycles. The summed E-state index contributed by atoms with van der Waals surface area (Å²) in [6, 6.07) is 14.6. The molecule has 0 atom stereocenters. The van der Waals surface area contributed by atoms with E-state index in [2.05, 4.69) is 20.5 Å². The number of phenols is 1. The van der Waals surface area contributed by atoms with Crippen molar-refractivity contribution in [3.8, 4) is 5.75 Å². The first-order valence-corrected chi connectivity index (χ1v) is 9.68. The smallest absolute Gasteiger partial charge is 0.329 e. The molecule has 9 nitrogen and oxygen atoms in total. The molecule has 0 aliphatic heterocycles. The summed E-state index contributed by atoms with van der Waals surface area (Å²) in [6.07, 6.45) is 0. The number of nitrogens with one attached hydrogen (secondary N) is 2. The van der Waals surface area contributed by atoms with Crippen molar-refractivity contribution in [2.45, 2.75) is 20.4 Å². The van der Waals surface area contributed by atoms with Crippen LogP contribution in [0.15, 0.2) is 63.2 Å². The Balaban J connectivity index is 1.80. The van der Waals surface area contributed by atoms with Gasteiger partial charge in [-0.25, -0.2) is 10.2 Å². The van der Waals surface area contributed by atoms with Crippen LogP contribution >= 0.6 is 0 Å². The molecular weight excluding hydrogens is 396 g/mol. The normalized spacial score (nSPS) is 11.8. The maximum absolute atomic E-state index is 12.6. The molecule has 2 heterocycles. The summed E-state index contributed by atoms with van der Waals surface area (Å²) in [7, 11) is 1.55. The second-order valence-corrected chi connectivity index (χ2v) is 7.35. The lowest BCUT2D eigenvalue weighted by molar-refractivity contribution is 0.475. The first kappa shape index (κ1) is 20.1. The van der Waals surface area contributed by atoms with E-state index in [1.54, 1.807) is 35.9 Å². The zero-order valence-corrected chi connectivity index (χ0v) is 17.4. The first-order chi connectivity index (χ1) is 14.8. The van der Waals surface area contributed by atoms with Crippen molar-refractivity contribution in [3.05, 3.63) is 86.1 Å². The summed E-state index contributed by atoms with van der Waals surface area (Å²) in [5.41, 5.74) is 6.02. The molecule has 0 spiro atoms. The van der Waals surface area contributed by atoms with Gasteiger partial charge in [-0.2, -0.15) is 10.1 Å². The van der Waals surface area contributed by atoms with Crippen molar-refractivity contribution in [2.24, 2.45) is 12.1 Å². The Morgan fingerprint density at radius 3 is 2.48 bits per heavy atom. The minimum absolute atomic E-state index is 0.171. The average molecular weight is 418 g/mol. The number of aromatic hydroxyl groups is 1. The Bertz CT molecular complexity index is 1390. The lowest BCUT2D eigenvalue weighted by Crippen LogP contribution is -2.29. The lowest BCUT2D eigenvalue weighted by atomic mass is 10.1. The largest absolute Gasteiger partial charge is 0.508 e. The topological polar surface area (TPSA) is 117 Å². The fourth-order valence-electron chi connectivity index (χ4n) is 3.25. The van der Waals surface area contributed by atoms with E-state index in [-0.39, 0.29) is 16.9 Å². The molecule has 3 N–H and O–H groups in total. The Morgan fingerprint density at radius 2 is 1.81 bits per heavy atom. The summed E-state index contributed by atoms with van der Waals surface area (Å²) in [5.74, 6) is 0.505. The van der Waals surface area contributed by atoms with Crippen LogP contribution in [0, 0.1) is 6.92 Å². The zero-order chi connectivity index (χ0) is 22.1. The molecule has 0 saturated heterocycles. The van der Waals surface area contributed by atoms with E-state index in [1.807, 2.05) is 38.1 Å². The third-order valence-electron chi connectivity index (χ3n) is 5.08. The number of aromatic nitrogens is 4. The SMILES string of the molecule is C/C(=N/Nc1nc2c(c(=O)[nH]c(=O)n2C)n1Cc1ccc(C)cc1)c1ccc(O)cc1. The maximum Gasteiger partial charge on any atom is 0.329 e. The Hall–Kier alpha value is -4.14. The van der Waals surface area contributed by atoms with Crippen LogP contribution in [0.4, 0.5) is 5.95 Å². The summed E-state index contributed by atoms with van der Waals surface area (Å²) >= 11 is 0. The van der Waals surface area contributed by atoms with Crippen LogP contribution in [0.25, 0.3) is 11.2 Å². The molecule has 4 aromatic rings. The van der Waals surface area contributed by atoms with Crippen LogP contribution < -0.4 is 16.7 Å². The van der Waals surface area contributed by atoms with Crippen molar-refractivity contribution >= 4 is 22.8 Å². The van der Waals surface area contributed by atoms with Gasteiger partial charge in [0.05, 0.1) is 12.3 Å². The van der Waals surface area contributed by atoms with Crippen LogP contribution in [-0.4, -0.2) is 29.9 Å². The van der Waals surface area contributed by atoms with Gasteiger partial charge >= 0.3 is 5.69 Å². The second-order valence-electron chi connectivity index (χ2n) is 7.35. The molecule has 4 rings (SSSR count). The van der Waals surface area contributed by atoms with Crippen LogP contribution in [0.2, 0.25) is 0 Å². The minimum atomic E-state index is -0.534. The molecule has 0 saturated carbocycles. The molecule has 9 heteroatoms. The van der Waals surface area contributed by atoms with Crippen molar-refractivity contribution in [1.82, 2.24) is 19.1 Å². The van der Waals surface area contributed by atoms with Gasteiger partial charge in [-0.3, -0.25) is 18.9 Å². The number of hydrogen-bond acceptors (Lipinski definition) is 6. The van der Waals surface area contributed by atoms with Gasteiger partial charge in [0.1, 0.15) is 5.75 Å². The zero-order valence-electron chi connectivity index (χ0n) is 17.4. The predicted molar refractivity (Wildman–Crippen MR) is 120 cm³/mol. The number of rotatable bonds is 5. The van der Waals surface area contributed by atoms with Gasteiger partial charge in [-0.1, -0.05) is 29.8 Å². The molecule has 0 radical (unpaired) electrons. The number of anilines is 1. The summed E-state index contributed by atoms with van der Waals surface area (Å²) in [4.78, 5) is 31.4. The molecule has 0 bridgehead atoms. The number of imidazole rings is 1. The first-order valence-electron chi connectivity index (χ1n) is 9.68. The predicted octanol–water partition coefficient (Wildman–Crippen LogP) is 2.32. The van der Waals surface area contributed by atoms with Gasteiger partial charge in [0, 0.05) is 7.05 Å². The van der Waals surface area contributed by atoms with Gasteiger partial charge in [0.25, 0.3) is 5.56 Å². The Labute approximate surface area is 177 Å². The number of phenolic OH excluding ortho intramolecular Hbond substituents is 1. The molecule has 0 aliphatic rings. The van der Waals surface area contributed by atoms with E-state index in [0.29, 0.717) is 18.2 Å². The number of fused-ring (bicyclic) bond motifs is 1. The van der Waals surface area contributed by atoms with E-state index < -0.39 is 11.2 Å². The molecule has 2 aromatic carbocycles. The van der Waals surface area contributed by atoms with E-state index in [1.165, 1.54) is 4.57 Å². The highest BCUT2D eigenvalue weighted by Crippen LogP contribution is 2.18. The van der Waals surface area contributed by atoms with Gasteiger partial charge < -0.3 is 5.11 Å². The highest BCUT2D eigenvalue weighted by Gasteiger charge is 2.17. The van der Waals surface area contributed by atoms with Gasteiger partial charge in [-0.15, -0.1) is 0 Å². The second kappa shape index (κ2) is 7.94. The monoisotopic (exact) mass is 418 g/mol. The number of aryl methyl sites for hydroxylation is 2. The van der Waals surface area contributed by atoms with E-state index in [9.17, 15) is 14.7 Å². The van der Waals surface area contributed by atoms with Crippen molar-refractivity contribution in [2.75, 3.05) is 5.43 Å². The number of H-pyrrole nitrogens is 1. The Morgan fingerprint density at radius 1 is 1.13 bits per heavy atom. The fourth-order valence-corrected chi connectivity index (χ4v) is 3.25. The van der Waals surface area contributed by atoms with Crippen molar-refractivity contribution in [1.29, 1.82) is 0 Å².